The first-order valence-corrected chi connectivity index (χ1v) is 9.26. The second kappa shape index (κ2) is 7.46. The highest BCUT2D eigenvalue weighted by atomic mass is 127. The molecule has 0 radical (unpaired) electrons. The molecule has 0 bridgehead atoms. The molecule has 1 amide bonds. The third-order valence-corrected chi connectivity index (χ3v) is 5.22. The van der Waals surface area contributed by atoms with E-state index < -0.39 is 4.92 Å². The molecule has 1 aliphatic heterocycles. The maximum Gasteiger partial charge on any atom is 0.271 e. The summed E-state index contributed by atoms with van der Waals surface area (Å²) in [6.07, 6.45) is 1.42. The van der Waals surface area contributed by atoms with E-state index in [2.05, 4.69) is 10.3 Å². The molecule has 3 rings (SSSR count). The van der Waals surface area contributed by atoms with Crippen LogP contribution in [0.25, 0.3) is 6.08 Å². The van der Waals surface area contributed by atoms with Gasteiger partial charge in [-0.1, -0.05) is 17.7 Å². The van der Waals surface area contributed by atoms with Gasteiger partial charge in [0.15, 0.2) is 5.17 Å². The summed E-state index contributed by atoms with van der Waals surface area (Å²) in [5, 5.41) is 24.2. The third kappa shape index (κ3) is 4.05. The normalized spacial score (nSPS) is 16.9. The van der Waals surface area contributed by atoms with Crippen LogP contribution < -0.4 is 5.32 Å². The van der Waals surface area contributed by atoms with Gasteiger partial charge in [0.1, 0.15) is 5.75 Å². The number of phenolic OH excluding ortho intramolecular Hbond substituents is 1. The molecular formula is C17H12IN3O4S. The summed E-state index contributed by atoms with van der Waals surface area (Å²) in [4.78, 5) is 27.3. The smallest absolute Gasteiger partial charge is 0.271 e. The number of non-ortho nitro benzene ring substituents is 1. The summed E-state index contributed by atoms with van der Waals surface area (Å²) in [6.45, 7) is 1.97. The Bertz CT molecular complexity index is 971. The predicted molar refractivity (Wildman–Crippen MR) is 109 cm³/mol. The largest absolute Gasteiger partial charge is 0.506 e. The number of amides is 1. The molecule has 7 nitrogen and oxygen atoms in total. The van der Waals surface area contributed by atoms with Crippen molar-refractivity contribution >= 4 is 62.9 Å². The van der Waals surface area contributed by atoms with E-state index in [4.69, 9.17) is 0 Å². The quantitative estimate of drug-likeness (QED) is 0.297. The summed E-state index contributed by atoms with van der Waals surface area (Å²) >= 11 is 2.92. The van der Waals surface area contributed by atoms with Gasteiger partial charge in [0, 0.05) is 17.7 Å². The number of hydrogen-bond donors (Lipinski definition) is 2. The van der Waals surface area contributed by atoms with E-state index in [1.807, 2.05) is 53.8 Å². The van der Waals surface area contributed by atoms with Crippen molar-refractivity contribution < 1.29 is 14.8 Å². The van der Waals surface area contributed by atoms with Crippen molar-refractivity contribution in [3.8, 4) is 5.75 Å². The van der Waals surface area contributed by atoms with E-state index in [0.29, 0.717) is 19.3 Å². The number of rotatable bonds is 3. The Morgan fingerprint density at radius 1 is 1.31 bits per heavy atom. The average Bonchev–Trinajstić information content (AvgIpc) is 2.93. The highest BCUT2D eigenvalue weighted by molar-refractivity contribution is 14.1. The highest BCUT2D eigenvalue weighted by Crippen LogP contribution is 2.34. The molecule has 0 spiro atoms. The van der Waals surface area contributed by atoms with E-state index in [1.165, 1.54) is 18.2 Å². The van der Waals surface area contributed by atoms with E-state index >= 15 is 0 Å². The Labute approximate surface area is 166 Å². The number of nitrogens with zero attached hydrogens (tertiary/aromatic N) is 2. The number of thioether (sulfide) groups is 1. The first-order chi connectivity index (χ1) is 12.3. The van der Waals surface area contributed by atoms with Crippen LogP contribution in [0.2, 0.25) is 0 Å². The molecule has 0 aliphatic carbocycles. The van der Waals surface area contributed by atoms with Gasteiger partial charge in [-0.3, -0.25) is 14.9 Å². The standard InChI is InChI=1S/C17H12IN3O4S/c1-9-2-4-11(5-3-9)19-17-20-16(23)14(26-17)7-10-6-12(21(24)25)8-13(18)15(10)22/h2-8,22H,1H3,(H,19,20,23)/b14-7+. The van der Waals surface area contributed by atoms with Crippen molar-refractivity contribution in [1.82, 2.24) is 5.32 Å². The van der Waals surface area contributed by atoms with Crippen LogP contribution in [0.15, 0.2) is 46.3 Å². The zero-order valence-corrected chi connectivity index (χ0v) is 16.4. The first-order valence-electron chi connectivity index (χ1n) is 7.36. The highest BCUT2D eigenvalue weighted by Gasteiger charge is 2.25. The Morgan fingerprint density at radius 3 is 2.65 bits per heavy atom. The van der Waals surface area contributed by atoms with Crippen LogP contribution in [0.4, 0.5) is 11.4 Å². The molecule has 0 atom stereocenters. The number of aryl methyl sites for hydroxylation is 1. The molecule has 9 heteroatoms. The van der Waals surface area contributed by atoms with Crippen molar-refractivity contribution in [2.45, 2.75) is 6.92 Å². The first kappa shape index (κ1) is 18.4. The number of nitro benzene ring substituents is 1. The zero-order chi connectivity index (χ0) is 18.8. The minimum absolute atomic E-state index is 0.110. The fraction of sp³-hybridized carbons (Fsp3) is 0.0588. The average molecular weight is 481 g/mol. The molecule has 2 aromatic carbocycles. The lowest BCUT2D eigenvalue weighted by molar-refractivity contribution is -0.385. The topological polar surface area (TPSA) is 105 Å². The van der Waals surface area contributed by atoms with Crippen LogP contribution in [0.3, 0.4) is 0 Å². The number of carbonyl (C=O) groups excluding carboxylic acids is 1. The molecule has 0 saturated carbocycles. The summed E-state index contributed by atoms with van der Waals surface area (Å²) < 4.78 is 0.334. The SMILES string of the molecule is Cc1ccc(N=C2NC(=O)/C(=C\c3cc([N+](=O)[O-])cc(I)c3O)S2)cc1. The van der Waals surface area contributed by atoms with E-state index in [0.717, 1.165) is 17.3 Å². The number of aliphatic imine (C=N–C) groups is 1. The number of aromatic hydroxyl groups is 1. The molecule has 1 fully saturated rings. The minimum atomic E-state index is -0.546. The molecule has 26 heavy (non-hydrogen) atoms. The summed E-state index contributed by atoms with van der Waals surface area (Å²) in [5.41, 5.74) is 1.86. The lowest BCUT2D eigenvalue weighted by Gasteiger charge is -2.03. The number of nitro groups is 1. The van der Waals surface area contributed by atoms with Crippen LogP contribution in [-0.2, 0) is 4.79 Å². The van der Waals surface area contributed by atoms with Crippen LogP contribution in [0.1, 0.15) is 11.1 Å². The summed E-state index contributed by atoms with van der Waals surface area (Å²) in [6, 6.07) is 10.0. The van der Waals surface area contributed by atoms with Gasteiger partial charge >= 0.3 is 0 Å². The molecular weight excluding hydrogens is 469 g/mol. The second-order valence-corrected chi connectivity index (χ2v) is 7.63. The Kier molecular flexibility index (Phi) is 5.28. The fourth-order valence-electron chi connectivity index (χ4n) is 2.18. The lowest BCUT2D eigenvalue weighted by atomic mass is 10.1. The Balaban J connectivity index is 1.92. The van der Waals surface area contributed by atoms with Gasteiger partial charge in [0.05, 0.1) is 19.1 Å². The zero-order valence-electron chi connectivity index (χ0n) is 13.4. The monoisotopic (exact) mass is 481 g/mol. The van der Waals surface area contributed by atoms with E-state index in [1.54, 1.807) is 0 Å². The second-order valence-electron chi connectivity index (χ2n) is 5.44. The summed E-state index contributed by atoms with van der Waals surface area (Å²) in [5.74, 6) is -0.484. The maximum absolute atomic E-state index is 12.1. The van der Waals surface area contributed by atoms with Crippen molar-refractivity contribution in [2.75, 3.05) is 0 Å². The molecule has 132 valence electrons. The lowest BCUT2D eigenvalue weighted by Crippen LogP contribution is -2.19. The van der Waals surface area contributed by atoms with Gasteiger partial charge in [0.2, 0.25) is 0 Å². The van der Waals surface area contributed by atoms with Crippen molar-refractivity contribution in [2.24, 2.45) is 4.99 Å². The van der Waals surface area contributed by atoms with Gasteiger partial charge in [-0.15, -0.1) is 0 Å². The number of amidine groups is 1. The van der Waals surface area contributed by atoms with Gasteiger partial charge in [-0.05, 0) is 59.5 Å². The molecule has 1 aliphatic rings. The molecule has 2 aromatic rings. The molecule has 0 unspecified atom stereocenters. The number of phenols is 1. The Hall–Kier alpha value is -2.40. The number of benzene rings is 2. The van der Waals surface area contributed by atoms with Crippen LogP contribution >= 0.6 is 34.4 Å². The third-order valence-electron chi connectivity index (χ3n) is 3.49. The fourth-order valence-corrected chi connectivity index (χ4v) is 3.64. The molecule has 0 aromatic heterocycles. The van der Waals surface area contributed by atoms with Crippen LogP contribution in [-0.4, -0.2) is 21.1 Å². The minimum Gasteiger partial charge on any atom is -0.506 e. The van der Waals surface area contributed by atoms with E-state index in [9.17, 15) is 20.0 Å². The van der Waals surface area contributed by atoms with Gasteiger partial charge in [-0.25, -0.2) is 4.99 Å². The molecule has 1 heterocycles. The van der Waals surface area contributed by atoms with Crippen molar-refractivity contribution in [1.29, 1.82) is 0 Å². The number of hydrogen-bond acceptors (Lipinski definition) is 6. The number of carbonyl (C=O) groups is 1. The molecule has 2 N–H and O–H groups in total. The number of halogens is 1. The van der Waals surface area contributed by atoms with Gasteiger partial charge in [-0.2, -0.15) is 0 Å². The van der Waals surface area contributed by atoms with Gasteiger partial charge < -0.3 is 10.4 Å². The van der Waals surface area contributed by atoms with Crippen LogP contribution in [0.5, 0.6) is 5.75 Å². The molecule has 1 saturated heterocycles. The number of nitrogens with one attached hydrogen (secondary N) is 1. The van der Waals surface area contributed by atoms with E-state index in [-0.39, 0.29) is 22.9 Å². The van der Waals surface area contributed by atoms with Crippen molar-refractivity contribution in [3.05, 3.63) is 66.1 Å². The Morgan fingerprint density at radius 2 is 2.00 bits per heavy atom. The van der Waals surface area contributed by atoms with Crippen LogP contribution in [0, 0.1) is 20.6 Å². The summed E-state index contributed by atoms with van der Waals surface area (Å²) in [7, 11) is 0. The predicted octanol–water partition coefficient (Wildman–Crippen LogP) is 4.11. The van der Waals surface area contributed by atoms with Crippen molar-refractivity contribution in [3.63, 3.8) is 0 Å². The van der Waals surface area contributed by atoms with Gasteiger partial charge in [0.25, 0.3) is 11.6 Å². The maximum atomic E-state index is 12.1.